The zero-order valence-electron chi connectivity index (χ0n) is 20.2. The van der Waals surface area contributed by atoms with Crippen molar-refractivity contribution in [1.29, 1.82) is 0 Å². The van der Waals surface area contributed by atoms with E-state index in [0.717, 1.165) is 36.3 Å². The molecule has 36 heavy (non-hydrogen) atoms. The maximum absolute atomic E-state index is 12.9. The highest BCUT2D eigenvalue weighted by Gasteiger charge is 2.15. The maximum atomic E-state index is 12.9. The predicted octanol–water partition coefficient (Wildman–Crippen LogP) is 4.22. The Balaban J connectivity index is 1.20. The SMILES string of the molecule is Cc1nc(-c2ccc(C(=O)NCc3cccc(C(=O)Nc4ccc5c(c4)CN(C)CC5)c3)cc2)no1. The molecule has 0 atom stereocenters. The second-order valence-corrected chi connectivity index (χ2v) is 9.02. The van der Waals surface area contributed by atoms with E-state index >= 15 is 0 Å². The van der Waals surface area contributed by atoms with Crippen LogP contribution in [0.3, 0.4) is 0 Å². The predicted molar refractivity (Wildman–Crippen MR) is 137 cm³/mol. The van der Waals surface area contributed by atoms with Crippen molar-refractivity contribution >= 4 is 17.5 Å². The van der Waals surface area contributed by atoms with E-state index in [2.05, 4.69) is 44.9 Å². The van der Waals surface area contributed by atoms with Gasteiger partial charge in [-0.1, -0.05) is 35.5 Å². The molecule has 8 nitrogen and oxygen atoms in total. The molecule has 1 aliphatic heterocycles. The van der Waals surface area contributed by atoms with Crippen molar-refractivity contribution < 1.29 is 14.1 Å². The molecule has 0 unspecified atom stereocenters. The van der Waals surface area contributed by atoms with Crippen LogP contribution in [-0.2, 0) is 19.5 Å². The second kappa shape index (κ2) is 10.1. The number of anilines is 1. The lowest BCUT2D eigenvalue weighted by Gasteiger charge is -2.25. The fourth-order valence-corrected chi connectivity index (χ4v) is 4.27. The fraction of sp³-hybridized carbons (Fsp3) is 0.214. The second-order valence-electron chi connectivity index (χ2n) is 9.02. The van der Waals surface area contributed by atoms with Gasteiger partial charge in [-0.15, -0.1) is 0 Å². The number of aromatic nitrogens is 2. The maximum Gasteiger partial charge on any atom is 0.255 e. The monoisotopic (exact) mass is 481 g/mol. The molecule has 1 aromatic heterocycles. The number of carbonyl (C=O) groups is 2. The summed E-state index contributed by atoms with van der Waals surface area (Å²) in [6, 6.07) is 20.4. The van der Waals surface area contributed by atoms with E-state index in [4.69, 9.17) is 4.52 Å². The first-order valence-electron chi connectivity index (χ1n) is 11.8. The first-order chi connectivity index (χ1) is 17.4. The number of amides is 2. The van der Waals surface area contributed by atoms with Gasteiger partial charge in [0.25, 0.3) is 11.8 Å². The largest absolute Gasteiger partial charge is 0.348 e. The van der Waals surface area contributed by atoms with Crippen molar-refractivity contribution in [3.05, 3.63) is 100 Å². The van der Waals surface area contributed by atoms with Gasteiger partial charge in [0.2, 0.25) is 11.7 Å². The highest BCUT2D eigenvalue weighted by atomic mass is 16.5. The van der Waals surface area contributed by atoms with Crippen LogP contribution in [0.4, 0.5) is 5.69 Å². The summed E-state index contributed by atoms with van der Waals surface area (Å²) in [5, 5.41) is 9.79. The Morgan fingerprint density at radius 1 is 0.972 bits per heavy atom. The molecule has 8 heteroatoms. The molecule has 182 valence electrons. The molecule has 0 saturated heterocycles. The van der Waals surface area contributed by atoms with E-state index in [1.807, 2.05) is 18.2 Å². The zero-order valence-corrected chi connectivity index (χ0v) is 20.2. The molecule has 0 saturated carbocycles. The molecular weight excluding hydrogens is 454 g/mol. The van der Waals surface area contributed by atoms with Crippen LogP contribution < -0.4 is 10.6 Å². The van der Waals surface area contributed by atoms with Crippen molar-refractivity contribution in [2.45, 2.75) is 26.4 Å². The number of carbonyl (C=O) groups excluding carboxylic acids is 2. The molecule has 0 aliphatic carbocycles. The number of hydrogen-bond donors (Lipinski definition) is 2. The van der Waals surface area contributed by atoms with Crippen LogP contribution in [0.25, 0.3) is 11.4 Å². The Kier molecular flexibility index (Phi) is 6.60. The van der Waals surface area contributed by atoms with Gasteiger partial charge >= 0.3 is 0 Å². The van der Waals surface area contributed by atoms with Gasteiger partial charge in [-0.2, -0.15) is 4.98 Å². The topological polar surface area (TPSA) is 100 Å². The number of rotatable bonds is 6. The van der Waals surface area contributed by atoms with Gasteiger partial charge in [-0.05, 0) is 66.6 Å². The van der Waals surface area contributed by atoms with E-state index in [0.29, 0.717) is 29.4 Å². The number of likely N-dealkylation sites (N-methyl/N-ethyl adjacent to an activating group) is 1. The van der Waals surface area contributed by atoms with Crippen LogP contribution in [0.15, 0.2) is 71.3 Å². The molecule has 4 aromatic rings. The standard InChI is InChI=1S/C28H27N5O3/c1-18-30-26(32-36-18)21-6-8-22(9-7-21)27(34)29-16-19-4-3-5-23(14-19)28(35)31-25-11-10-20-12-13-33(2)17-24(20)15-25/h3-11,14-15H,12-13,16-17H2,1-2H3,(H,29,34)(H,31,35). The minimum atomic E-state index is -0.209. The minimum absolute atomic E-state index is 0.181. The van der Waals surface area contributed by atoms with Gasteiger partial charge in [0, 0.05) is 48.9 Å². The minimum Gasteiger partial charge on any atom is -0.348 e. The molecule has 3 aromatic carbocycles. The molecule has 0 bridgehead atoms. The molecule has 2 heterocycles. The van der Waals surface area contributed by atoms with Crippen LogP contribution in [0.2, 0.25) is 0 Å². The molecular formula is C28H27N5O3. The number of aryl methyl sites for hydroxylation is 1. The number of benzene rings is 3. The van der Waals surface area contributed by atoms with Gasteiger partial charge in [0.15, 0.2) is 0 Å². The summed E-state index contributed by atoms with van der Waals surface area (Å²) in [5.41, 5.74) is 6.03. The highest BCUT2D eigenvalue weighted by molar-refractivity contribution is 6.04. The summed E-state index contributed by atoms with van der Waals surface area (Å²) in [6.07, 6.45) is 1.02. The van der Waals surface area contributed by atoms with Crippen molar-refractivity contribution in [3.8, 4) is 11.4 Å². The molecule has 0 spiro atoms. The summed E-state index contributed by atoms with van der Waals surface area (Å²) in [4.78, 5) is 32.0. The lowest BCUT2D eigenvalue weighted by Crippen LogP contribution is -2.26. The lowest BCUT2D eigenvalue weighted by atomic mass is 9.99. The fourth-order valence-electron chi connectivity index (χ4n) is 4.27. The molecule has 1 aliphatic rings. The van der Waals surface area contributed by atoms with Crippen LogP contribution >= 0.6 is 0 Å². The highest BCUT2D eigenvalue weighted by Crippen LogP contribution is 2.22. The van der Waals surface area contributed by atoms with Crippen LogP contribution in [0, 0.1) is 6.92 Å². The Morgan fingerprint density at radius 3 is 2.58 bits per heavy atom. The summed E-state index contributed by atoms with van der Waals surface area (Å²) < 4.78 is 5.00. The molecule has 0 radical (unpaired) electrons. The number of fused-ring (bicyclic) bond motifs is 1. The Morgan fingerprint density at radius 2 is 1.81 bits per heavy atom. The molecule has 2 N–H and O–H groups in total. The van der Waals surface area contributed by atoms with Gasteiger partial charge in [-0.25, -0.2) is 0 Å². The summed E-state index contributed by atoms with van der Waals surface area (Å²) in [7, 11) is 2.10. The quantitative estimate of drug-likeness (QED) is 0.428. The molecule has 5 rings (SSSR count). The zero-order chi connectivity index (χ0) is 25.1. The Labute approximate surface area is 209 Å². The van der Waals surface area contributed by atoms with E-state index < -0.39 is 0 Å². The normalized spacial score (nSPS) is 13.2. The first-order valence-corrected chi connectivity index (χ1v) is 11.8. The lowest BCUT2D eigenvalue weighted by molar-refractivity contribution is 0.0950. The van der Waals surface area contributed by atoms with Crippen LogP contribution in [-0.4, -0.2) is 40.4 Å². The Hall–Kier alpha value is -4.30. The summed E-state index contributed by atoms with van der Waals surface area (Å²) in [6.45, 7) is 3.96. The van der Waals surface area contributed by atoms with Crippen molar-refractivity contribution in [1.82, 2.24) is 20.4 Å². The van der Waals surface area contributed by atoms with Crippen molar-refractivity contribution in [3.63, 3.8) is 0 Å². The van der Waals surface area contributed by atoms with Crippen LogP contribution in [0.5, 0.6) is 0 Å². The summed E-state index contributed by atoms with van der Waals surface area (Å²) in [5.74, 6) is 0.579. The van der Waals surface area contributed by atoms with E-state index in [1.165, 1.54) is 11.1 Å². The molecule has 0 fully saturated rings. The van der Waals surface area contributed by atoms with Gasteiger partial charge in [0.05, 0.1) is 0 Å². The number of nitrogens with zero attached hydrogens (tertiary/aromatic N) is 3. The first kappa shape index (κ1) is 23.4. The van der Waals surface area contributed by atoms with Gasteiger partial charge in [-0.3, -0.25) is 9.59 Å². The number of nitrogens with one attached hydrogen (secondary N) is 2. The Bertz CT molecular complexity index is 1410. The van der Waals surface area contributed by atoms with Crippen molar-refractivity contribution in [2.75, 3.05) is 18.9 Å². The van der Waals surface area contributed by atoms with Crippen molar-refractivity contribution in [2.24, 2.45) is 0 Å². The number of hydrogen-bond acceptors (Lipinski definition) is 6. The van der Waals surface area contributed by atoms with E-state index in [9.17, 15) is 9.59 Å². The average molecular weight is 482 g/mol. The van der Waals surface area contributed by atoms with Gasteiger partial charge < -0.3 is 20.1 Å². The third-order valence-corrected chi connectivity index (χ3v) is 6.24. The third kappa shape index (κ3) is 5.34. The molecule has 2 amide bonds. The van der Waals surface area contributed by atoms with E-state index in [1.54, 1.807) is 43.3 Å². The van der Waals surface area contributed by atoms with Crippen LogP contribution in [0.1, 0.15) is 43.3 Å². The third-order valence-electron chi connectivity index (χ3n) is 6.24. The average Bonchev–Trinajstić information content (AvgIpc) is 3.33. The van der Waals surface area contributed by atoms with E-state index in [-0.39, 0.29) is 11.8 Å². The smallest absolute Gasteiger partial charge is 0.255 e. The summed E-state index contributed by atoms with van der Waals surface area (Å²) >= 11 is 0. The van der Waals surface area contributed by atoms with Gasteiger partial charge in [0.1, 0.15) is 0 Å².